The van der Waals surface area contributed by atoms with E-state index in [2.05, 4.69) is 10.6 Å². The molecule has 1 N–H and O–H groups in total. The summed E-state index contributed by atoms with van der Waals surface area (Å²) in [5, 5.41) is 11.7. The zero-order valence-corrected chi connectivity index (χ0v) is 17.8. The molecule has 0 fully saturated rings. The number of nitrogens with zero attached hydrogens (tertiary/aromatic N) is 3. The van der Waals surface area contributed by atoms with E-state index in [1.54, 1.807) is 11.3 Å². The highest BCUT2D eigenvalue weighted by Crippen LogP contribution is 2.25. The standard InChI is InChI=1S/C25H23N3O2S/c29-19(17-30-16-18-8-2-1-3-9-18)15-28-22-12-6-4-10-20(22)26-24(28)14-25-27-21-11-5-7-13-23(21)31-25/h1-13,19,29H,14-17H2/t19-/m1/s1. The van der Waals surface area contributed by atoms with E-state index >= 15 is 0 Å². The summed E-state index contributed by atoms with van der Waals surface area (Å²) in [7, 11) is 0. The Morgan fingerprint density at radius 2 is 1.61 bits per heavy atom. The van der Waals surface area contributed by atoms with Crippen LogP contribution in [0.4, 0.5) is 0 Å². The van der Waals surface area contributed by atoms with Crippen molar-refractivity contribution < 1.29 is 9.84 Å². The number of aliphatic hydroxyl groups excluding tert-OH is 1. The van der Waals surface area contributed by atoms with E-state index in [0.29, 0.717) is 19.6 Å². The minimum Gasteiger partial charge on any atom is -0.389 e. The van der Waals surface area contributed by atoms with Crippen LogP contribution in [0.3, 0.4) is 0 Å². The average Bonchev–Trinajstić information content (AvgIpc) is 3.35. The molecule has 0 saturated heterocycles. The van der Waals surface area contributed by atoms with Gasteiger partial charge in [-0.15, -0.1) is 11.3 Å². The summed E-state index contributed by atoms with van der Waals surface area (Å²) in [6.07, 6.45) is 0.00135. The predicted molar refractivity (Wildman–Crippen MR) is 124 cm³/mol. The summed E-state index contributed by atoms with van der Waals surface area (Å²) in [5.41, 5.74) is 4.05. The molecule has 0 bridgehead atoms. The van der Waals surface area contributed by atoms with Gasteiger partial charge in [-0.1, -0.05) is 54.6 Å². The van der Waals surface area contributed by atoms with E-state index in [4.69, 9.17) is 14.7 Å². The third-order valence-corrected chi connectivity index (χ3v) is 6.23. The largest absolute Gasteiger partial charge is 0.389 e. The topological polar surface area (TPSA) is 60.2 Å². The Hall–Kier alpha value is -3.06. The molecule has 5 rings (SSSR count). The molecule has 5 aromatic rings. The number of para-hydroxylation sites is 3. The molecule has 3 aromatic carbocycles. The van der Waals surface area contributed by atoms with Gasteiger partial charge in [-0.05, 0) is 29.8 Å². The van der Waals surface area contributed by atoms with Crippen molar-refractivity contribution in [2.45, 2.75) is 25.7 Å². The van der Waals surface area contributed by atoms with Crippen molar-refractivity contribution in [3.05, 3.63) is 95.3 Å². The molecule has 5 nitrogen and oxygen atoms in total. The molecule has 0 unspecified atom stereocenters. The molecule has 0 amide bonds. The van der Waals surface area contributed by atoms with Crippen molar-refractivity contribution in [2.24, 2.45) is 0 Å². The van der Waals surface area contributed by atoms with Gasteiger partial charge in [0.2, 0.25) is 0 Å². The Kier molecular flexibility index (Phi) is 5.76. The van der Waals surface area contributed by atoms with Crippen LogP contribution in [0.2, 0.25) is 0 Å². The summed E-state index contributed by atoms with van der Waals surface area (Å²) < 4.78 is 9.02. The number of hydrogen-bond acceptors (Lipinski definition) is 5. The number of imidazole rings is 1. The van der Waals surface area contributed by atoms with Crippen molar-refractivity contribution in [3.63, 3.8) is 0 Å². The first-order chi connectivity index (χ1) is 15.3. The zero-order chi connectivity index (χ0) is 21.0. The molecule has 6 heteroatoms. The molecule has 2 heterocycles. The summed E-state index contributed by atoms with van der Waals surface area (Å²) in [4.78, 5) is 9.60. The number of aromatic nitrogens is 3. The smallest absolute Gasteiger partial charge is 0.116 e. The lowest BCUT2D eigenvalue weighted by Crippen LogP contribution is -2.23. The maximum Gasteiger partial charge on any atom is 0.116 e. The van der Waals surface area contributed by atoms with E-state index in [1.807, 2.05) is 72.8 Å². The van der Waals surface area contributed by atoms with Crippen LogP contribution >= 0.6 is 11.3 Å². The number of aliphatic hydroxyl groups is 1. The van der Waals surface area contributed by atoms with Crippen molar-refractivity contribution >= 4 is 32.6 Å². The van der Waals surface area contributed by atoms with Gasteiger partial charge in [0.1, 0.15) is 10.8 Å². The second-order valence-electron chi connectivity index (χ2n) is 7.53. The monoisotopic (exact) mass is 429 g/mol. The van der Waals surface area contributed by atoms with Crippen molar-refractivity contribution in [2.75, 3.05) is 6.61 Å². The third-order valence-electron chi connectivity index (χ3n) is 5.20. The van der Waals surface area contributed by atoms with Gasteiger partial charge >= 0.3 is 0 Å². The van der Waals surface area contributed by atoms with E-state index in [1.165, 1.54) is 4.70 Å². The molecule has 0 saturated carbocycles. The maximum absolute atomic E-state index is 10.7. The fourth-order valence-electron chi connectivity index (χ4n) is 3.75. The summed E-state index contributed by atoms with van der Waals surface area (Å²) in [6, 6.07) is 26.2. The van der Waals surface area contributed by atoms with Gasteiger partial charge < -0.3 is 14.4 Å². The van der Waals surface area contributed by atoms with Crippen LogP contribution < -0.4 is 0 Å². The lowest BCUT2D eigenvalue weighted by molar-refractivity contribution is 0.0205. The second kappa shape index (κ2) is 8.98. The highest BCUT2D eigenvalue weighted by Gasteiger charge is 2.16. The molecule has 31 heavy (non-hydrogen) atoms. The fourth-order valence-corrected chi connectivity index (χ4v) is 4.71. The zero-order valence-electron chi connectivity index (χ0n) is 17.0. The van der Waals surface area contributed by atoms with Crippen molar-refractivity contribution in [1.82, 2.24) is 14.5 Å². The quantitative estimate of drug-likeness (QED) is 0.384. The Labute approximate surface area is 184 Å². The third kappa shape index (κ3) is 4.51. The van der Waals surface area contributed by atoms with E-state index < -0.39 is 6.10 Å². The van der Waals surface area contributed by atoms with Gasteiger partial charge in [-0.2, -0.15) is 0 Å². The molecule has 2 aromatic heterocycles. The van der Waals surface area contributed by atoms with E-state index in [-0.39, 0.29) is 6.61 Å². The van der Waals surface area contributed by atoms with E-state index in [0.717, 1.165) is 32.9 Å². The first-order valence-electron chi connectivity index (χ1n) is 10.3. The Morgan fingerprint density at radius 3 is 2.45 bits per heavy atom. The number of hydrogen-bond donors (Lipinski definition) is 1. The van der Waals surface area contributed by atoms with Crippen LogP contribution in [-0.4, -0.2) is 32.4 Å². The minimum absolute atomic E-state index is 0.266. The Morgan fingerprint density at radius 1 is 0.871 bits per heavy atom. The number of benzene rings is 3. The summed E-state index contributed by atoms with van der Waals surface area (Å²) in [5.74, 6) is 0.905. The number of fused-ring (bicyclic) bond motifs is 2. The highest BCUT2D eigenvalue weighted by molar-refractivity contribution is 7.18. The Bertz CT molecular complexity index is 1260. The Balaban J connectivity index is 1.34. The SMILES string of the molecule is O[C@@H](COCc1ccccc1)Cn1c(Cc2nc3ccccc3s2)nc2ccccc21. The predicted octanol–water partition coefficient (Wildman–Crippen LogP) is 4.81. The van der Waals surface area contributed by atoms with Gasteiger partial charge in [-0.3, -0.25) is 0 Å². The molecule has 0 spiro atoms. The normalized spacial score (nSPS) is 12.5. The minimum atomic E-state index is -0.629. The van der Waals surface area contributed by atoms with Crippen molar-refractivity contribution in [3.8, 4) is 0 Å². The van der Waals surface area contributed by atoms with Gasteiger partial charge in [0.05, 0.1) is 53.5 Å². The van der Waals surface area contributed by atoms with Gasteiger partial charge in [0.15, 0.2) is 0 Å². The van der Waals surface area contributed by atoms with Crippen molar-refractivity contribution in [1.29, 1.82) is 0 Å². The number of rotatable bonds is 8. The van der Waals surface area contributed by atoms with Gasteiger partial charge in [0, 0.05) is 0 Å². The number of ether oxygens (including phenoxy) is 1. The molecule has 0 aliphatic carbocycles. The van der Waals surface area contributed by atoms with Crippen LogP contribution in [0, 0.1) is 0 Å². The number of thiazole rings is 1. The van der Waals surface area contributed by atoms with E-state index in [9.17, 15) is 5.11 Å². The molecular weight excluding hydrogens is 406 g/mol. The fraction of sp³-hybridized carbons (Fsp3) is 0.200. The summed E-state index contributed by atoms with van der Waals surface area (Å²) in [6.45, 7) is 1.18. The first-order valence-corrected chi connectivity index (χ1v) is 11.2. The molecule has 1 atom stereocenters. The highest BCUT2D eigenvalue weighted by atomic mass is 32.1. The molecule has 156 valence electrons. The van der Waals surface area contributed by atoms with Crippen LogP contribution in [0.25, 0.3) is 21.3 Å². The lowest BCUT2D eigenvalue weighted by atomic mass is 10.2. The lowest BCUT2D eigenvalue weighted by Gasteiger charge is -2.15. The van der Waals surface area contributed by atoms with Crippen LogP contribution in [0.5, 0.6) is 0 Å². The van der Waals surface area contributed by atoms with Gasteiger partial charge in [-0.25, -0.2) is 9.97 Å². The van der Waals surface area contributed by atoms with Crippen LogP contribution in [0.15, 0.2) is 78.9 Å². The molecule has 0 aliphatic rings. The summed E-state index contributed by atoms with van der Waals surface area (Å²) >= 11 is 1.69. The second-order valence-corrected chi connectivity index (χ2v) is 8.65. The first kappa shape index (κ1) is 19.9. The molecule has 0 aliphatic heterocycles. The van der Waals surface area contributed by atoms with Crippen LogP contribution in [-0.2, 0) is 24.3 Å². The molecular formula is C25H23N3O2S. The maximum atomic E-state index is 10.7. The average molecular weight is 430 g/mol. The molecule has 0 radical (unpaired) electrons. The van der Waals surface area contributed by atoms with Crippen LogP contribution in [0.1, 0.15) is 16.4 Å². The van der Waals surface area contributed by atoms with Gasteiger partial charge in [0.25, 0.3) is 0 Å².